The maximum atomic E-state index is 13.0. The first kappa shape index (κ1) is 15.6. The Kier molecular flexibility index (Phi) is 3.67. The Morgan fingerprint density at radius 2 is 2.00 bits per heavy atom. The Balaban J connectivity index is 1.80. The van der Waals surface area contributed by atoms with Crippen LogP contribution < -0.4 is 5.32 Å². The average Bonchev–Trinajstić information content (AvgIpc) is 3.46. The second-order valence-corrected chi connectivity index (χ2v) is 6.53. The van der Waals surface area contributed by atoms with Crippen LogP contribution in [0, 0.1) is 10.1 Å². The zero-order chi connectivity index (χ0) is 17.6. The number of hydrogen-bond acceptors (Lipinski definition) is 4. The molecule has 128 valence electrons. The summed E-state index contributed by atoms with van der Waals surface area (Å²) in [6.07, 6.45) is 2.17. The molecule has 25 heavy (non-hydrogen) atoms. The van der Waals surface area contributed by atoms with E-state index in [4.69, 9.17) is 0 Å². The Morgan fingerprint density at radius 1 is 1.24 bits per heavy atom. The van der Waals surface area contributed by atoms with Crippen molar-refractivity contribution < 1.29 is 9.72 Å². The quantitative estimate of drug-likeness (QED) is 0.678. The standard InChI is InChI=1S/C19H19N3O3/c1-2-12-7-8-13(11-17(12)22(24)25)18-20-16-6-4-3-5-15(16)19(23)21(18)14-9-10-14/h3-8,11,14,18,20H,2,9-10H2,1H3/t18-/m0/s1. The van der Waals surface area contributed by atoms with Crippen LogP contribution >= 0.6 is 0 Å². The van der Waals surface area contributed by atoms with Gasteiger partial charge in [-0.05, 0) is 31.4 Å². The SMILES string of the molecule is CCc1ccc([C@H]2Nc3ccccc3C(=O)N2C2CC2)cc1[N+](=O)[O-]. The van der Waals surface area contributed by atoms with Crippen LogP contribution in [0.3, 0.4) is 0 Å². The molecule has 1 N–H and O–H groups in total. The van der Waals surface area contributed by atoms with Crippen molar-refractivity contribution in [2.45, 2.75) is 38.4 Å². The number of aryl methyl sites for hydroxylation is 1. The number of nitro groups is 1. The number of nitro benzene ring substituents is 1. The highest BCUT2D eigenvalue weighted by molar-refractivity contribution is 6.02. The lowest BCUT2D eigenvalue weighted by Gasteiger charge is -2.38. The van der Waals surface area contributed by atoms with Gasteiger partial charge in [0.2, 0.25) is 0 Å². The van der Waals surface area contributed by atoms with Gasteiger partial charge in [0.1, 0.15) is 6.17 Å². The Hall–Kier alpha value is -2.89. The molecule has 2 aliphatic rings. The molecule has 1 atom stereocenters. The third-order valence-electron chi connectivity index (χ3n) is 4.91. The van der Waals surface area contributed by atoms with Gasteiger partial charge in [-0.15, -0.1) is 0 Å². The molecule has 0 aromatic heterocycles. The fraction of sp³-hybridized carbons (Fsp3) is 0.316. The summed E-state index contributed by atoms with van der Waals surface area (Å²) in [5, 5.41) is 14.8. The smallest absolute Gasteiger partial charge is 0.272 e. The second-order valence-electron chi connectivity index (χ2n) is 6.53. The number of para-hydroxylation sites is 1. The van der Waals surface area contributed by atoms with Crippen LogP contribution in [0.1, 0.15) is 47.4 Å². The molecule has 6 heteroatoms. The number of amides is 1. The average molecular weight is 337 g/mol. The van der Waals surface area contributed by atoms with Crippen molar-refractivity contribution in [1.29, 1.82) is 0 Å². The highest BCUT2D eigenvalue weighted by Crippen LogP contribution is 2.41. The van der Waals surface area contributed by atoms with Crippen molar-refractivity contribution in [3.63, 3.8) is 0 Å². The fourth-order valence-corrected chi connectivity index (χ4v) is 3.46. The lowest BCUT2D eigenvalue weighted by molar-refractivity contribution is -0.385. The first-order valence-corrected chi connectivity index (χ1v) is 8.55. The van der Waals surface area contributed by atoms with Crippen LogP contribution in [0.2, 0.25) is 0 Å². The number of nitrogens with zero attached hydrogens (tertiary/aromatic N) is 2. The molecule has 4 rings (SSSR count). The number of anilines is 1. The van der Waals surface area contributed by atoms with Gasteiger partial charge in [-0.2, -0.15) is 0 Å². The molecule has 2 aromatic rings. The van der Waals surface area contributed by atoms with Crippen LogP contribution in [-0.4, -0.2) is 21.8 Å². The normalized spacial score (nSPS) is 19.3. The molecule has 1 amide bonds. The summed E-state index contributed by atoms with van der Waals surface area (Å²) in [5.41, 5.74) is 3.00. The van der Waals surface area contributed by atoms with E-state index < -0.39 is 0 Å². The van der Waals surface area contributed by atoms with Gasteiger partial charge in [-0.3, -0.25) is 14.9 Å². The van der Waals surface area contributed by atoms with Gasteiger partial charge in [0.25, 0.3) is 11.6 Å². The molecule has 2 aromatic carbocycles. The highest BCUT2D eigenvalue weighted by Gasteiger charge is 2.42. The monoisotopic (exact) mass is 337 g/mol. The molecule has 1 aliphatic heterocycles. The number of hydrogen-bond donors (Lipinski definition) is 1. The number of nitrogens with one attached hydrogen (secondary N) is 1. The van der Waals surface area contributed by atoms with E-state index >= 15 is 0 Å². The molecule has 0 unspecified atom stereocenters. The molecule has 1 saturated carbocycles. The van der Waals surface area contributed by atoms with Crippen molar-refractivity contribution in [2.75, 3.05) is 5.32 Å². The van der Waals surface area contributed by atoms with Gasteiger partial charge in [0.15, 0.2) is 0 Å². The summed E-state index contributed by atoms with van der Waals surface area (Å²) < 4.78 is 0. The number of carbonyl (C=O) groups excluding carboxylic acids is 1. The predicted molar refractivity (Wildman–Crippen MR) is 94.5 cm³/mol. The van der Waals surface area contributed by atoms with Crippen molar-refractivity contribution in [2.24, 2.45) is 0 Å². The zero-order valence-electron chi connectivity index (χ0n) is 13.9. The van der Waals surface area contributed by atoms with E-state index in [9.17, 15) is 14.9 Å². The molecular weight excluding hydrogens is 318 g/mol. The summed E-state index contributed by atoms with van der Waals surface area (Å²) in [6.45, 7) is 1.90. The van der Waals surface area contributed by atoms with E-state index in [-0.39, 0.29) is 28.7 Å². The third-order valence-corrected chi connectivity index (χ3v) is 4.91. The Bertz CT molecular complexity index is 861. The molecule has 0 bridgehead atoms. The number of benzene rings is 2. The Labute approximate surface area is 145 Å². The molecule has 0 radical (unpaired) electrons. The van der Waals surface area contributed by atoms with E-state index in [2.05, 4.69) is 5.32 Å². The molecule has 1 fully saturated rings. The minimum Gasteiger partial charge on any atom is -0.361 e. The fourth-order valence-electron chi connectivity index (χ4n) is 3.46. The van der Waals surface area contributed by atoms with Gasteiger partial charge >= 0.3 is 0 Å². The number of carbonyl (C=O) groups is 1. The van der Waals surface area contributed by atoms with E-state index in [1.165, 1.54) is 0 Å². The lowest BCUT2D eigenvalue weighted by Crippen LogP contribution is -2.44. The van der Waals surface area contributed by atoms with Crippen LogP contribution in [-0.2, 0) is 6.42 Å². The van der Waals surface area contributed by atoms with Crippen molar-refractivity contribution in [3.05, 3.63) is 69.3 Å². The van der Waals surface area contributed by atoms with E-state index in [0.717, 1.165) is 24.1 Å². The van der Waals surface area contributed by atoms with Gasteiger partial charge in [-0.25, -0.2) is 0 Å². The maximum absolute atomic E-state index is 13.0. The molecule has 6 nitrogen and oxygen atoms in total. The van der Waals surface area contributed by atoms with Crippen LogP contribution in [0.4, 0.5) is 11.4 Å². The zero-order valence-corrected chi connectivity index (χ0v) is 13.9. The second kappa shape index (κ2) is 5.88. The summed E-state index contributed by atoms with van der Waals surface area (Å²) in [6, 6.07) is 12.9. The first-order chi connectivity index (χ1) is 12.1. The van der Waals surface area contributed by atoms with Gasteiger partial charge < -0.3 is 10.2 Å². The molecule has 0 saturated heterocycles. The maximum Gasteiger partial charge on any atom is 0.272 e. The van der Waals surface area contributed by atoms with E-state index in [1.54, 1.807) is 12.1 Å². The molecule has 1 aliphatic carbocycles. The van der Waals surface area contributed by atoms with Crippen molar-refractivity contribution >= 4 is 17.3 Å². The van der Waals surface area contributed by atoms with Crippen molar-refractivity contribution in [1.82, 2.24) is 4.90 Å². The van der Waals surface area contributed by atoms with Crippen LogP contribution in [0.25, 0.3) is 0 Å². The minimum atomic E-state index is -0.375. The first-order valence-electron chi connectivity index (χ1n) is 8.55. The molecule has 1 heterocycles. The van der Waals surface area contributed by atoms with Gasteiger partial charge in [0.05, 0.1) is 10.5 Å². The number of fused-ring (bicyclic) bond motifs is 1. The Morgan fingerprint density at radius 3 is 2.68 bits per heavy atom. The van der Waals surface area contributed by atoms with Crippen LogP contribution in [0.5, 0.6) is 0 Å². The van der Waals surface area contributed by atoms with E-state index in [1.807, 2.05) is 42.2 Å². The van der Waals surface area contributed by atoms with Crippen molar-refractivity contribution in [3.8, 4) is 0 Å². The van der Waals surface area contributed by atoms with Gasteiger partial charge in [0, 0.05) is 28.9 Å². The van der Waals surface area contributed by atoms with Crippen LogP contribution in [0.15, 0.2) is 42.5 Å². The summed E-state index contributed by atoms with van der Waals surface area (Å²) >= 11 is 0. The predicted octanol–water partition coefficient (Wildman–Crippen LogP) is 3.89. The largest absolute Gasteiger partial charge is 0.361 e. The summed E-state index contributed by atoms with van der Waals surface area (Å²) in [7, 11) is 0. The highest BCUT2D eigenvalue weighted by atomic mass is 16.6. The molecule has 0 spiro atoms. The lowest BCUT2D eigenvalue weighted by atomic mass is 10.0. The topological polar surface area (TPSA) is 75.5 Å². The third kappa shape index (κ3) is 2.63. The summed E-state index contributed by atoms with van der Waals surface area (Å²) in [4.78, 5) is 25.9. The minimum absolute atomic E-state index is 0.0101. The number of rotatable bonds is 4. The molecular formula is C19H19N3O3. The van der Waals surface area contributed by atoms with E-state index in [0.29, 0.717) is 17.5 Å². The van der Waals surface area contributed by atoms with Gasteiger partial charge in [-0.1, -0.05) is 31.2 Å². The summed E-state index contributed by atoms with van der Waals surface area (Å²) in [5.74, 6) is -0.0101.